The van der Waals surface area contributed by atoms with E-state index in [4.69, 9.17) is 0 Å². The van der Waals surface area contributed by atoms with E-state index in [1.165, 1.54) is 24.3 Å². The van der Waals surface area contributed by atoms with Gasteiger partial charge in [0, 0.05) is 11.8 Å². The Kier molecular flexibility index (Phi) is 5.13. The third-order valence-corrected chi connectivity index (χ3v) is 4.72. The van der Waals surface area contributed by atoms with Crippen LogP contribution in [0.2, 0.25) is 0 Å². The third-order valence-electron chi connectivity index (χ3n) is 3.82. The second-order valence-corrected chi connectivity index (χ2v) is 6.67. The molecule has 1 amide bonds. The van der Waals surface area contributed by atoms with E-state index >= 15 is 0 Å². The number of nitrogens with zero attached hydrogens (tertiary/aromatic N) is 2. The average Bonchev–Trinajstić information content (AvgIpc) is 3.16. The number of hydrogen-bond acceptors (Lipinski definition) is 4. The lowest BCUT2D eigenvalue weighted by Gasteiger charge is -2.15. The van der Waals surface area contributed by atoms with Crippen molar-refractivity contribution in [2.75, 3.05) is 5.32 Å². The number of halogens is 3. The normalized spacial score (nSPS) is 12.6. The minimum atomic E-state index is -4.45. The van der Waals surface area contributed by atoms with Gasteiger partial charge in [0.25, 0.3) is 5.56 Å². The molecule has 2 aromatic heterocycles. The molecule has 2 heterocycles. The van der Waals surface area contributed by atoms with E-state index in [9.17, 15) is 22.8 Å². The summed E-state index contributed by atoms with van der Waals surface area (Å²) < 4.78 is 38.8. The lowest BCUT2D eigenvalue weighted by Crippen LogP contribution is -2.33. The van der Waals surface area contributed by atoms with Crippen molar-refractivity contribution in [2.45, 2.75) is 19.1 Å². The fourth-order valence-corrected chi connectivity index (χ4v) is 3.05. The first-order chi connectivity index (χ1) is 12.8. The van der Waals surface area contributed by atoms with Crippen LogP contribution in [-0.2, 0) is 11.0 Å². The first-order valence-corrected chi connectivity index (χ1v) is 8.75. The van der Waals surface area contributed by atoms with E-state index in [0.717, 1.165) is 33.8 Å². The molecule has 140 valence electrons. The third kappa shape index (κ3) is 4.25. The summed E-state index contributed by atoms with van der Waals surface area (Å²) >= 11 is 1.45. The smallest absolute Gasteiger partial charge is 0.324 e. The number of thiophene rings is 1. The molecule has 0 aliphatic carbocycles. The van der Waals surface area contributed by atoms with Gasteiger partial charge in [0.05, 0.1) is 10.4 Å². The molecule has 0 bridgehead atoms. The van der Waals surface area contributed by atoms with E-state index in [1.807, 2.05) is 17.5 Å². The number of anilines is 1. The number of aromatic nitrogens is 2. The van der Waals surface area contributed by atoms with Gasteiger partial charge in [0.1, 0.15) is 11.7 Å². The van der Waals surface area contributed by atoms with Crippen molar-refractivity contribution in [3.8, 4) is 10.6 Å². The van der Waals surface area contributed by atoms with E-state index in [0.29, 0.717) is 5.69 Å². The van der Waals surface area contributed by atoms with Gasteiger partial charge in [-0.3, -0.25) is 9.59 Å². The highest BCUT2D eigenvalue weighted by Gasteiger charge is 2.30. The zero-order valence-corrected chi connectivity index (χ0v) is 14.8. The number of hydrogen-bond donors (Lipinski definition) is 1. The largest absolute Gasteiger partial charge is 0.416 e. The molecule has 1 unspecified atom stereocenters. The fourth-order valence-electron chi connectivity index (χ4n) is 2.36. The monoisotopic (exact) mass is 393 g/mol. The van der Waals surface area contributed by atoms with Gasteiger partial charge < -0.3 is 5.32 Å². The van der Waals surface area contributed by atoms with Gasteiger partial charge in [-0.05, 0) is 48.7 Å². The molecule has 0 fully saturated rings. The van der Waals surface area contributed by atoms with Gasteiger partial charge in [-0.2, -0.15) is 18.3 Å². The molecule has 0 aliphatic heterocycles. The van der Waals surface area contributed by atoms with E-state index in [1.54, 1.807) is 6.07 Å². The molecule has 3 rings (SSSR count). The van der Waals surface area contributed by atoms with Gasteiger partial charge in [-0.25, -0.2) is 4.68 Å². The summed E-state index contributed by atoms with van der Waals surface area (Å²) in [5.74, 6) is -0.562. The topological polar surface area (TPSA) is 64.0 Å². The Morgan fingerprint density at radius 3 is 2.44 bits per heavy atom. The highest BCUT2D eigenvalue weighted by molar-refractivity contribution is 7.13. The molecule has 1 N–H and O–H groups in total. The molecule has 0 aliphatic rings. The van der Waals surface area contributed by atoms with E-state index in [-0.39, 0.29) is 5.69 Å². The Hall–Kier alpha value is -2.94. The van der Waals surface area contributed by atoms with Crippen LogP contribution < -0.4 is 10.9 Å². The molecular weight excluding hydrogens is 379 g/mol. The Morgan fingerprint density at radius 2 is 1.85 bits per heavy atom. The summed E-state index contributed by atoms with van der Waals surface area (Å²) in [5, 5.41) is 8.59. The summed E-state index contributed by atoms with van der Waals surface area (Å²) in [6.45, 7) is 1.49. The minimum absolute atomic E-state index is 0.197. The molecule has 9 heteroatoms. The predicted octanol–water partition coefficient (Wildman–Crippen LogP) is 4.19. The molecule has 1 atom stereocenters. The molecule has 0 spiro atoms. The van der Waals surface area contributed by atoms with Crippen LogP contribution >= 0.6 is 11.3 Å². The van der Waals surface area contributed by atoms with E-state index < -0.39 is 29.2 Å². The van der Waals surface area contributed by atoms with Crippen molar-refractivity contribution in [3.63, 3.8) is 0 Å². The van der Waals surface area contributed by atoms with Crippen LogP contribution in [0, 0.1) is 0 Å². The summed E-state index contributed by atoms with van der Waals surface area (Å²) in [5.41, 5.74) is -0.512. The van der Waals surface area contributed by atoms with Crippen LogP contribution in [0.3, 0.4) is 0 Å². The Morgan fingerprint density at radius 1 is 1.15 bits per heavy atom. The molecule has 0 radical (unpaired) electrons. The summed E-state index contributed by atoms with van der Waals surface area (Å²) in [6.07, 6.45) is -4.45. The van der Waals surface area contributed by atoms with Gasteiger partial charge >= 0.3 is 6.18 Å². The Labute approximate surface area is 156 Å². The maximum atomic E-state index is 12.6. The Bertz CT molecular complexity index is 996. The van der Waals surface area contributed by atoms with E-state index in [2.05, 4.69) is 10.4 Å². The zero-order chi connectivity index (χ0) is 19.6. The number of carbonyl (C=O) groups excluding carboxylic acids is 1. The minimum Gasteiger partial charge on any atom is -0.324 e. The van der Waals surface area contributed by atoms with Crippen molar-refractivity contribution in [1.82, 2.24) is 9.78 Å². The lowest BCUT2D eigenvalue weighted by atomic mass is 10.2. The van der Waals surface area contributed by atoms with Crippen LogP contribution in [0.15, 0.2) is 58.7 Å². The van der Waals surface area contributed by atoms with Crippen molar-refractivity contribution < 1.29 is 18.0 Å². The number of nitrogens with one attached hydrogen (secondary N) is 1. The van der Waals surface area contributed by atoms with Crippen LogP contribution in [-0.4, -0.2) is 15.7 Å². The molecule has 0 saturated carbocycles. The molecule has 27 heavy (non-hydrogen) atoms. The number of rotatable bonds is 4. The van der Waals surface area contributed by atoms with Gasteiger partial charge in [0.2, 0.25) is 5.91 Å². The number of amides is 1. The maximum absolute atomic E-state index is 12.6. The van der Waals surface area contributed by atoms with Crippen LogP contribution in [0.1, 0.15) is 18.5 Å². The van der Waals surface area contributed by atoms with Gasteiger partial charge in [0.15, 0.2) is 0 Å². The quantitative estimate of drug-likeness (QED) is 0.723. The average molecular weight is 393 g/mol. The first-order valence-electron chi connectivity index (χ1n) is 7.87. The van der Waals surface area contributed by atoms with Crippen molar-refractivity contribution >= 4 is 22.9 Å². The van der Waals surface area contributed by atoms with Crippen molar-refractivity contribution in [1.29, 1.82) is 0 Å². The number of benzene rings is 1. The summed E-state index contributed by atoms with van der Waals surface area (Å²) in [7, 11) is 0. The van der Waals surface area contributed by atoms with Crippen molar-refractivity contribution in [3.05, 3.63) is 69.8 Å². The van der Waals surface area contributed by atoms with Crippen LogP contribution in [0.25, 0.3) is 10.6 Å². The first kappa shape index (κ1) is 18.8. The number of carbonyl (C=O) groups is 1. The van der Waals surface area contributed by atoms with Crippen LogP contribution in [0.4, 0.5) is 18.9 Å². The fraction of sp³-hybridized carbons (Fsp3) is 0.167. The van der Waals surface area contributed by atoms with Gasteiger partial charge in [-0.15, -0.1) is 11.3 Å². The Balaban J connectivity index is 1.79. The van der Waals surface area contributed by atoms with Crippen molar-refractivity contribution in [2.24, 2.45) is 0 Å². The zero-order valence-electron chi connectivity index (χ0n) is 14.0. The predicted molar refractivity (Wildman–Crippen MR) is 96.6 cm³/mol. The lowest BCUT2D eigenvalue weighted by molar-refractivity contribution is -0.137. The maximum Gasteiger partial charge on any atom is 0.416 e. The standard InChI is InChI=1S/C18H14F3N3O2S/c1-11(17(26)22-13-6-4-12(5-7-13)18(19,20)21)24-16(25)9-8-14(23-24)15-3-2-10-27-15/h2-11H,1H3,(H,22,26). The molecule has 3 aromatic rings. The molecule has 1 aromatic carbocycles. The molecule has 5 nitrogen and oxygen atoms in total. The summed E-state index contributed by atoms with van der Waals surface area (Å²) in [4.78, 5) is 25.4. The summed E-state index contributed by atoms with van der Waals surface area (Å²) in [6, 6.07) is 9.71. The van der Waals surface area contributed by atoms with Gasteiger partial charge in [-0.1, -0.05) is 6.07 Å². The van der Waals surface area contributed by atoms with Crippen LogP contribution in [0.5, 0.6) is 0 Å². The molecular formula is C18H14F3N3O2S. The highest BCUT2D eigenvalue weighted by atomic mass is 32.1. The number of alkyl halides is 3. The SMILES string of the molecule is CC(C(=O)Nc1ccc(C(F)(F)F)cc1)n1nc(-c2cccs2)ccc1=O. The second kappa shape index (κ2) is 7.36. The second-order valence-electron chi connectivity index (χ2n) is 5.72. The highest BCUT2D eigenvalue weighted by Crippen LogP contribution is 2.30. The molecule has 0 saturated heterocycles.